The number of carbonyl (C=O) groups excluding carboxylic acids is 1. The van der Waals surface area contributed by atoms with Gasteiger partial charge in [0.15, 0.2) is 5.69 Å². The zero-order valence-electron chi connectivity index (χ0n) is 12.2. The number of pyridine rings is 3. The molecule has 0 aliphatic heterocycles. The Labute approximate surface area is 131 Å². The number of nitrogens with zero attached hydrogens (tertiary/aromatic N) is 4. The lowest BCUT2D eigenvalue weighted by molar-refractivity contribution is 0.0997. The normalized spacial score (nSPS) is 10.4. The van der Waals surface area contributed by atoms with E-state index >= 15 is 0 Å². The number of primary amides is 1. The molecule has 3 rings (SSSR count). The first kappa shape index (κ1) is 14.4. The molecular formula is C16H12N6O. The first-order chi connectivity index (χ1) is 11.0. The molecule has 23 heavy (non-hydrogen) atoms. The molecule has 3 heterocycles. The number of amides is 1. The molecule has 7 nitrogen and oxygen atoms in total. The van der Waals surface area contributed by atoms with E-state index in [1.165, 1.54) is 6.20 Å². The summed E-state index contributed by atoms with van der Waals surface area (Å²) >= 11 is 0. The Morgan fingerprint density at radius 3 is 2.83 bits per heavy atom. The van der Waals surface area contributed by atoms with Gasteiger partial charge in [0.05, 0.1) is 22.3 Å². The van der Waals surface area contributed by atoms with E-state index in [9.17, 15) is 10.1 Å². The third-order valence-corrected chi connectivity index (χ3v) is 3.62. The number of nitriles is 1. The Kier molecular flexibility index (Phi) is 3.35. The quantitative estimate of drug-likeness (QED) is 0.738. The summed E-state index contributed by atoms with van der Waals surface area (Å²) in [6.07, 6.45) is 4.66. The molecule has 0 saturated carbocycles. The van der Waals surface area contributed by atoms with Gasteiger partial charge in [-0.25, -0.2) is 4.98 Å². The first-order valence-electron chi connectivity index (χ1n) is 6.73. The molecule has 0 saturated heterocycles. The lowest BCUT2D eigenvalue weighted by atomic mass is 9.96. The van der Waals surface area contributed by atoms with Gasteiger partial charge in [-0.1, -0.05) is 0 Å². The van der Waals surface area contributed by atoms with Gasteiger partial charge in [0.1, 0.15) is 6.07 Å². The summed E-state index contributed by atoms with van der Waals surface area (Å²) in [4.78, 5) is 24.2. The van der Waals surface area contributed by atoms with Crippen molar-refractivity contribution >= 4 is 22.6 Å². The largest absolute Gasteiger partial charge is 0.396 e. The SMILES string of the molecule is Cc1c(C#N)cncc1-c1c(N)c(C(N)=O)nc2cccnc12. The monoisotopic (exact) mass is 304 g/mol. The number of aromatic nitrogens is 3. The molecule has 0 aliphatic rings. The maximum atomic E-state index is 11.6. The van der Waals surface area contributed by atoms with Gasteiger partial charge in [0, 0.05) is 29.7 Å². The number of nitrogen functional groups attached to an aromatic ring is 1. The summed E-state index contributed by atoms with van der Waals surface area (Å²) in [7, 11) is 0. The van der Waals surface area contributed by atoms with Crippen LogP contribution in [0.2, 0.25) is 0 Å². The van der Waals surface area contributed by atoms with Crippen molar-refractivity contribution in [1.29, 1.82) is 5.26 Å². The predicted octanol–water partition coefficient (Wildman–Crippen LogP) is 1.55. The van der Waals surface area contributed by atoms with Gasteiger partial charge in [0.2, 0.25) is 0 Å². The predicted molar refractivity (Wildman–Crippen MR) is 85.2 cm³/mol. The highest BCUT2D eigenvalue weighted by molar-refractivity contribution is 6.07. The summed E-state index contributed by atoms with van der Waals surface area (Å²) < 4.78 is 0. The van der Waals surface area contributed by atoms with E-state index < -0.39 is 5.91 Å². The maximum absolute atomic E-state index is 11.6. The summed E-state index contributed by atoms with van der Waals surface area (Å²) in [5.74, 6) is -0.725. The average molecular weight is 304 g/mol. The first-order valence-corrected chi connectivity index (χ1v) is 6.73. The van der Waals surface area contributed by atoms with Gasteiger partial charge < -0.3 is 11.5 Å². The van der Waals surface area contributed by atoms with E-state index in [0.29, 0.717) is 33.3 Å². The van der Waals surface area contributed by atoms with Crippen LogP contribution < -0.4 is 11.5 Å². The minimum Gasteiger partial charge on any atom is -0.396 e. The van der Waals surface area contributed by atoms with Crippen molar-refractivity contribution in [2.75, 3.05) is 5.73 Å². The molecule has 0 unspecified atom stereocenters. The molecule has 0 aliphatic carbocycles. The molecule has 0 spiro atoms. The average Bonchev–Trinajstić information content (AvgIpc) is 2.55. The minimum atomic E-state index is -0.725. The standard InChI is InChI=1S/C16H12N6O/c1-8-9(5-17)6-20-7-10(8)12-13(18)15(16(19)23)22-11-3-2-4-21-14(11)12/h2-4,6-7H,18H2,1H3,(H2,19,23). The van der Waals surface area contributed by atoms with E-state index in [1.54, 1.807) is 31.5 Å². The zero-order chi connectivity index (χ0) is 16.6. The molecule has 3 aromatic rings. The van der Waals surface area contributed by atoms with Crippen LogP contribution in [0.4, 0.5) is 5.69 Å². The molecule has 7 heteroatoms. The van der Waals surface area contributed by atoms with E-state index in [-0.39, 0.29) is 11.4 Å². The lowest BCUT2D eigenvalue weighted by Gasteiger charge is -2.14. The fourth-order valence-corrected chi connectivity index (χ4v) is 2.46. The Bertz CT molecular complexity index is 990. The third-order valence-electron chi connectivity index (χ3n) is 3.62. The van der Waals surface area contributed by atoms with Crippen LogP contribution in [0.1, 0.15) is 21.6 Å². The smallest absolute Gasteiger partial charge is 0.269 e. The number of hydrogen-bond donors (Lipinski definition) is 2. The third kappa shape index (κ3) is 2.22. The molecule has 3 aromatic heterocycles. The highest BCUT2D eigenvalue weighted by Gasteiger charge is 2.20. The van der Waals surface area contributed by atoms with E-state index in [4.69, 9.17) is 11.5 Å². The van der Waals surface area contributed by atoms with Crippen LogP contribution in [-0.2, 0) is 0 Å². The molecule has 112 valence electrons. The van der Waals surface area contributed by atoms with Crippen LogP contribution in [0.5, 0.6) is 0 Å². The van der Waals surface area contributed by atoms with Gasteiger partial charge in [-0.3, -0.25) is 14.8 Å². The van der Waals surface area contributed by atoms with Crippen molar-refractivity contribution in [2.45, 2.75) is 6.92 Å². The molecule has 1 amide bonds. The summed E-state index contributed by atoms with van der Waals surface area (Å²) in [6, 6.07) is 5.50. The second-order valence-electron chi connectivity index (χ2n) is 4.96. The van der Waals surface area contributed by atoms with Crippen LogP contribution >= 0.6 is 0 Å². The molecule has 0 aromatic carbocycles. The molecule has 0 atom stereocenters. The minimum absolute atomic E-state index is 0.0257. The van der Waals surface area contributed by atoms with Crippen molar-refractivity contribution in [3.05, 3.63) is 47.5 Å². The zero-order valence-corrected chi connectivity index (χ0v) is 12.2. The van der Waals surface area contributed by atoms with Crippen molar-refractivity contribution in [3.63, 3.8) is 0 Å². The second-order valence-corrected chi connectivity index (χ2v) is 4.96. The molecular weight excluding hydrogens is 292 g/mol. The second kappa shape index (κ2) is 5.35. The van der Waals surface area contributed by atoms with E-state index in [0.717, 1.165) is 0 Å². The fraction of sp³-hybridized carbons (Fsp3) is 0.0625. The Morgan fingerprint density at radius 1 is 1.35 bits per heavy atom. The topological polar surface area (TPSA) is 132 Å². The van der Waals surface area contributed by atoms with Gasteiger partial charge in [0.25, 0.3) is 5.91 Å². The van der Waals surface area contributed by atoms with E-state index in [1.807, 2.05) is 0 Å². The van der Waals surface area contributed by atoms with Gasteiger partial charge in [-0.15, -0.1) is 0 Å². The Hall–Kier alpha value is -3.53. The number of carbonyl (C=O) groups is 1. The van der Waals surface area contributed by atoms with Crippen LogP contribution in [-0.4, -0.2) is 20.9 Å². The van der Waals surface area contributed by atoms with Crippen LogP contribution in [0, 0.1) is 18.3 Å². The number of anilines is 1. The van der Waals surface area contributed by atoms with Crippen molar-refractivity contribution in [2.24, 2.45) is 5.73 Å². The number of rotatable bonds is 2. The van der Waals surface area contributed by atoms with Crippen molar-refractivity contribution < 1.29 is 4.79 Å². The van der Waals surface area contributed by atoms with Gasteiger partial charge in [-0.2, -0.15) is 5.26 Å². The highest BCUT2D eigenvalue weighted by atomic mass is 16.1. The summed E-state index contributed by atoms with van der Waals surface area (Å²) in [6.45, 7) is 1.79. The number of nitrogens with two attached hydrogens (primary N) is 2. The molecule has 0 radical (unpaired) electrons. The molecule has 0 fully saturated rings. The summed E-state index contributed by atoms with van der Waals surface area (Å²) in [5.41, 5.74) is 14.9. The number of fused-ring (bicyclic) bond motifs is 1. The van der Waals surface area contributed by atoms with Crippen molar-refractivity contribution in [1.82, 2.24) is 15.0 Å². The van der Waals surface area contributed by atoms with Crippen molar-refractivity contribution in [3.8, 4) is 17.2 Å². The van der Waals surface area contributed by atoms with Gasteiger partial charge >= 0.3 is 0 Å². The lowest BCUT2D eigenvalue weighted by Crippen LogP contribution is -2.17. The van der Waals surface area contributed by atoms with Crippen LogP contribution in [0.15, 0.2) is 30.7 Å². The Morgan fingerprint density at radius 2 is 2.13 bits per heavy atom. The summed E-state index contributed by atoms with van der Waals surface area (Å²) in [5, 5.41) is 9.19. The highest BCUT2D eigenvalue weighted by Crippen LogP contribution is 2.35. The van der Waals surface area contributed by atoms with Gasteiger partial charge in [-0.05, 0) is 24.6 Å². The van der Waals surface area contributed by atoms with Crippen LogP contribution in [0.3, 0.4) is 0 Å². The fourth-order valence-electron chi connectivity index (χ4n) is 2.46. The molecule has 0 bridgehead atoms. The molecule has 4 N–H and O–H groups in total. The number of hydrogen-bond acceptors (Lipinski definition) is 6. The van der Waals surface area contributed by atoms with E-state index in [2.05, 4.69) is 21.0 Å². The van der Waals surface area contributed by atoms with Crippen LogP contribution in [0.25, 0.3) is 22.2 Å². The Balaban J connectivity index is 2.48. The maximum Gasteiger partial charge on any atom is 0.269 e.